The van der Waals surface area contributed by atoms with Gasteiger partial charge in [0.2, 0.25) is 0 Å². The molecule has 1 fully saturated rings. The van der Waals surface area contributed by atoms with Crippen LogP contribution >= 0.6 is 22.9 Å². The average molecular weight is 417 g/mol. The first kappa shape index (κ1) is 18.6. The maximum atomic E-state index is 12.0. The number of nitrogens with zero attached hydrogens (tertiary/aromatic N) is 2. The highest BCUT2D eigenvalue weighted by Gasteiger charge is 2.50. The highest BCUT2D eigenvalue weighted by molar-refractivity contribution is 7.21. The molecule has 0 bridgehead atoms. The lowest BCUT2D eigenvalue weighted by atomic mass is 10.1. The van der Waals surface area contributed by atoms with Crippen LogP contribution in [-0.2, 0) is 9.53 Å². The summed E-state index contributed by atoms with van der Waals surface area (Å²) in [5, 5.41) is 6.67. The topological polar surface area (TPSA) is 93.2 Å². The first-order valence-corrected chi connectivity index (χ1v) is 10.0. The normalized spacial score (nSPS) is 14.5. The van der Waals surface area contributed by atoms with Gasteiger partial charge in [-0.1, -0.05) is 29.9 Å². The van der Waals surface area contributed by atoms with Gasteiger partial charge in [-0.3, -0.25) is 10.1 Å². The number of thiazole rings is 1. The third kappa shape index (κ3) is 3.93. The summed E-state index contributed by atoms with van der Waals surface area (Å²) in [6.07, 6.45) is 1.39. The van der Waals surface area contributed by atoms with Gasteiger partial charge in [0.25, 0.3) is 0 Å². The molecule has 144 valence electrons. The molecule has 0 unspecified atom stereocenters. The van der Waals surface area contributed by atoms with E-state index < -0.39 is 17.5 Å². The van der Waals surface area contributed by atoms with Gasteiger partial charge in [0.1, 0.15) is 16.2 Å². The van der Waals surface area contributed by atoms with Gasteiger partial charge in [0.15, 0.2) is 5.13 Å². The lowest BCUT2D eigenvalue weighted by Crippen LogP contribution is -2.25. The third-order valence-electron chi connectivity index (χ3n) is 4.73. The molecule has 1 saturated carbocycles. The molecule has 0 spiro atoms. The number of benzene rings is 1. The van der Waals surface area contributed by atoms with E-state index in [1.165, 1.54) is 11.3 Å². The van der Waals surface area contributed by atoms with Crippen LogP contribution in [0.15, 0.2) is 36.4 Å². The Bertz CT molecular complexity index is 1050. The second-order valence-electron chi connectivity index (χ2n) is 6.61. The van der Waals surface area contributed by atoms with Crippen molar-refractivity contribution in [1.82, 2.24) is 9.97 Å². The van der Waals surface area contributed by atoms with Crippen LogP contribution in [0.25, 0.3) is 10.3 Å². The van der Waals surface area contributed by atoms with E-state index in [0.717, 1.165) is 18.5 Å². The Kier molecular flexibility index (Phi) is 4.91. The zero-order valence-corrected chi connectivity index (χ0v) is 16.6. The van der Waals surface area contributed by atoms with E-state index in [-0.39, 0.29) is 0 Å². The molecule has 1 amide bonds. The number of anilines is 3. The molecule has 1 aliphatic rings. The molecule has 9 heteroatoms. The van der Waals surface area contributed by atoms with Gasteiger partial charge < -0.3 is 10.1 Å². The quantitative estimate of drug-likeness (QED) is 0.430. The number of hydrogen-bond donors (Lipinski definition) is 2. The third-order valence-corrected chi connectivity index (χ3v) is 5.86. The number of fused-ring (bicyclic) bond motifs is 1. The molecular weight excluding hydrogens is 400 g/mol. The van der Waals surface area contributed by atoms with Crippen molar-refractivity contribution in [2.45, 2.75) is 26.2 Å². The van der Waals surface area contributed by atoms with Crippen LogP contribution in [0.4, 0.5) is 21.4 Å². The van der Waals surface area contributed by atoms with Gasteiger partial charge in [-0.2, -0.15) is 0 Å². The molecule has 1 aliphatic carbocycles. The molecule has 1 aromatic carbocycles. The van der Waals surface area contributed by atoms with Crippen molar-refractivity contribution in [2.75, 3.05) is 10.6 Å². The predicted molar refractivity (Wildman–Crippen MR) is 109 cm³/mol. The summed E-state index contributed by atoms with van der Waals surface area (Å²) < 4.78 is 4.92. The SMILES string of the molecule is CCC1(C(=O)OC(=O)Nc2nc3ccc(Nc4ccc(Cl)cc4)nc3s2)CC1. The summed E-state index contributed by atoms with van der Waals surface area (Å²) in [7, 11) is 0. The standard InChI is InChI=1S/C19H17ClN4O3S/c1-2-19(9-10-19)16(25)27-18(26)24-17-22-13-7-8-14(23-15(13)28-17)21-12-5-3-11(20)4-6-12/h3-8H,2,9-10H2,1H3,(H,21,23)(H,22,24,26). The van der Waals surface area contributed by atoms with Crippen molar-refractivity contribution in [3.05, 3.63) is 41.4 Å². The van der Waals surface area contributed by atoms with Gasteiger partial charge in [-0.25, -0.2) is 14.8 Å². The minimum atomic E-state index is -0.816. The fraction of sp³-hybridized carbons (Fsp3) is 0.263. The number of carbonyl (C=O) groups excluding carboxylic acids is 2. The summed E-state index contributed by atoms with van der Waals surface area (Å²) in [5.41, 5.74) is 1.01. The number of halogens is 1. The Hall–Kier alpha value is -2.71. The summed E-state index contributed by atoms with van der Waals surface area (Å²) in [6.45, 7) is 1.92. The Morgan fingerprint density at radius 1 is 1.18 bits per heavy atom. The molecule has 28 heavy (non-hydrogen) atoms. The summed E-state index contributed by atoms with van der Waals surface area (Å²) >= 11 is 7.09. The smallest absolute Gasteiger partial charge is 0.376 e. The number of hydrogen-bond acceptors (Lipinski definition) is 7. The molecule has 4 rings (SSSR count). The van der Waals surface area contributed by atoms with E-state index in [9.17, 15) is 9.59 Å². The Morgan fingerprint density at radius 3 is 2.61 bits per heavy atom. The minimum Gasteiger partial charge on any atom is -0.376 e. The van der Waals surface area contributed by atoms with Crippen molar-refractivity contribution in [1.29, 1.82) is 0 Å². The summed E-state index contributed by atoms with van der Waals surface area (Å²) in [4.78, 5) is 33.5. The Balaban J connectivity index is 1.43. The van der Waals surface area contributed by atoms with Gasteiger partial charge in [0.05, 0.1) is 5.41 Å². The minimum absolute atomic E-state index is 0.324. The number of aromatic nitrogens is 2. The summed E-state index contributed by atoms with van der Waals surface area (Å²) in [5.74, 6) is 0.169. The van der Waals surface area contributed by atoms with E-state index in [4.69, 9.17) is 16.3 Å². The predicted octanol–water partition coefficient (Wildman–Crippen LogP) is 5.35. The molecule has 0 aliphatic heterocycles. The average Bonchev–Trinajstić information content (AvgIpc) is 3.38. The van der Waals surface area contributed by atoms with E-state index >= 15 is 0 Å². The highest BCUT2D eigenvalue weighted by Crippen LogP contribution is 2.49. The molecule has 7 nitrogen and oxygen atoms in total. The van der Waals surface area contributed by atoms with E-state index in [0.29, 0.717) is 32.7 Å². The molecule has 0 atom stereocenters. The van der Waals surface area contributed by atoms with Crippen LogP contribution in [0.3, 0.4) is 0 Å². The molecule has 3 aromatic rings. The number of ether oxygens (including phenoxy) is 1. The fourth-order valence-electron chi connectivity index (χ4n) is 2.78. The fourth-order valence-corrected chi connectivity index (χ4v) is 3.73. The van der Waals surface area contributed by atoms with Crippen LogP contribution in [0.5, 0.6) is 0 Å². The number of rotatable bonds is 5. The van der Waals surface area contributed by atoms with Gasteiger partial charge in [0, 0.05) is 10.7 Å². The van der Waals surface area contributed by atoms with Crippen LogP contribution in [0, 0.1) is 5.41 Å². The number of amides is 1. The van der Waals surface area contributed by atoms with E-state index in [2.05, 4.69) is 20.6 Å². The van der Waals surface area contributed by atoms with Crippen molar-refractivity contribution in [3.8, 4) is 0 Å². The van der Waals surface area contributed by atoms with E-state index in [1.807, 2.05) is 19.1 Å². The van der Waals surface area contributed by atoms with Gasteiger partial charge >= 0.3 is 12.1 Å². The lowest BCUT2D eigenvalue weighted by molar-refractivity contribution is -0.143. The van der Waals surface area contributed by atoms with Gasteiger partial charge in [-0.05, 0) is 55.7 Å². The van der Waals surface area contributed by atoms with Gasteiger partial charge in [-0.15, -0.1) is 0 Å². The number of carbonyl (C=O) groups is 2. The van der Waals surface area contributed by atoms with Crippen molar-refractivity contribution < 1.29 is 14.3 Å². The Labute approximate surface area is 170 Å². The molecule has 2 heterocycles. The number of pyridine rings is 1. The van der Waals surface area contributed by atoms with E-state index in [1.54, 1.807) is 24.3 Å². The Morgan fingerprint density at radius 2 is 1.93 bits per heavy atom. The van der Waals surface area contributed by atoms with Crippen molar-refractivity contribution in [2.24, 2.45) is 5.41 Å². The second-order valence-corrected chi connectivity index (χ2v) is 8.02. The van der Waals surface area contributed by atoms with Crippen LogP contribution in [0.2, 0.25) is 5.02 Å². The van der Waals surface area contributed by atoms with Crippen molar-refractivity contribution >= 4 is 62.0 Å². The number of nitrogens with one attached hydrogen (secondary N) is 2. The maximum absolute atomic E-state index is 12.0. The van der Waals surface area contributed by atoms with Crippen LogP contribution in [0.1, 0.15) is 26.2 Å². The first-order valence-electron chi connectivity index (χ1n) is 8.81. The monoisotopic (exact) mass is 416 g/mol. The number of esters is 1. The molecule has 0 radical (unpaired) electrons. The summed E-state index contributed by atoms with van der Waals surface area (Å²) in [6, 6.07) is 10.9. The lowest BCUT2D eigenvalue weighted by Gasteiger charge is -2.09. The zero-order chi connectivity index (χ0) is 19.7. The van der Waals surface area contributed by atoms with Crippen LogP contribution in [-0.4, -0.2) is 22.0 Å². The second kappa shape index (κ2) is 7.37. The van der Waals surface area contributed by atoms with Crippen molar-refractivity contribution in [3.63, 3.8) is 0 Å². The largest absolute Gasteiger partial charge is 0.421 e. The molecule has 0 saturated heterocycles. The first-order chi connectivity index (χ1) is 13.5. The van der Waals surface area contributed by atoms with Crippen LogP contribution < -0.4 is 10.6 Å². The zero-order valence-electron chi connectivity index (χ0n) is 15.0. The molecule has 2 N–H and O–H groups in total. The molecular formula is C19H17ClN4O3S. The highest BCUT2D eigenvalue weighted by atomic mass is 35.5. The maximum Gasteiger partial charge on any atom is 0.421 e. The molecule has 2 aromatic heterocycles.